The van der Waals surface area contributed by atoms with Crippen LogP contribution in [0.15, 0.2) is 30.3 Å². The van der Waals surface area contributed by atoms with Crippen LogP contribution in [0.4, 0.5) is 5.69 Å². The third kappa shape index (κ3) is 2.79. The van der Waals surface area contributed by atoms with Crippen molar-refractivity contribution in [3.63, 3.8) is 0 Å². The third-order valence-electron chi connectivity index (χ3n) is 3.94. The normalized spacial score (nSPS) is 10.4. The lowest BCUT2D eigenvalue weighted by atomic mass is 9.94. The number of nitrogens with one attached hydrogen (secondary N) is 1. The Morgan fingerprint density at radius 2 is 1.65 bits per heavy atom. The first-order chi connectivity index (χ1) is 9.56. The quantitative estimate of drug-likeness (QED) is 0.895. The smallest absolute Gasteiger partial charge is 0.125 e. The molecule has 0 aliphatic rings. The van der Waals surface area contributed by atoms with E-state index in [-0.39, 0.29) is 0 Å². The first-order valence-electron chi connectivity index (χ1n) is 6.97. The summed E-state index contributed by atoms with van der Waals surface area (Å²) in [5, 5.41) is 3.14. The molecule has 0 aliphatic heterocycles. The molecular formula is C18H23NO. The van der Waals surface area contributed by atoms with Crippen LogP contribution in [0.5, 0.6) is 5.75 Å². The Bertz CT molecular complexity index is 600. The number of anilines is 1. The molecule has 0 aliphatic carbocycles. The van der Waals surface area contributed by atoms with Crippen LogP contribution in [-0.4, -0.2) is 14.2 Å². The number of hydrogen-bond acceptors (Lipinski definition) is 2. The van der Waals surface area contributed by atoms with Gasteiger partial charge < -0.3 is 10.1 Å². The summed E-state index contributed by atoms with van der Waals surface area (Å²) in [6.45, 7) is 6.42. The molecule has 0 radical (unpaired) electrons. The number of methoxy groups -OCH3 is 1. The van der Waals surface area contributed by atoms with Gasteiger partial charge in [-0.05, 0) is 55.2 Å². The van der Waals surface area contributed by atoms with Crippen LogP contribution < -0.4 is 10.1 Å². The van der Waals surface area contributed by atoms with Crippen molar-refractivity contribution < 1.29 is 4.74 Å². The van der Waals surface area contributed by atoms with Crippen molar-refractivity contribution in [2.24, 2.45) is 0 Å². The van der Waals surface area contributed by atoms with Gasteiger partial charge in [-0.1, -0.05) is 18.2 Å². The van der Waals surface area contributed by atoms with Crippen molar-refractivity contribution in [3.05, 3.63) is 58.1 Å². The van der Waals surface area contributed by atoms with Crippen LogP contribution in [0.1, 0.15) is 27.8 Å². The number of ether oxygens (including phenoxy) is 1. The fourth-order valence-corrected chi connectivity index (χ4v) is 2.59. The minimum Gasteiger partial charge on any atom is -0.496 e. The molecule has 0 spiro atoms. The van der Waals surface area contributed by atoms with Gasteiger partial charge in [-0.3, -0.25) is 0 Å². The predicted octanol–water partition coefficient (Wildman–Crippen LogP) is 4.25. The molecule has 0 unspecified atom stereocenters. The summed E-state index contributed by atoms with van der Waals surface area (Å²) >= 11 is 0. The van der Waals surface area contributed by atoms with Crippen molar-refractivity contribution in [2.75, 3.05) is 19.5 Å². The Morgan fingerprint density at radius 1 is 1.00 bits per heavy atom. The average molecular weight is 269 g/mol. The first kappa shape index (κ1) is 14.4. The van der Waals surface area contributed by atoms with Crippen molar-refractivity contribution in [3.8, 4) is 5.75 Å². The fourth-order valence-electron chi connectivity index (χ4n) is 2.59. The molecule has 106 valence electrons. The molecule has 0 fully saturated rings. The number of benzene rings is 2. The van der Waals surface area contributed by atoms with E-state index < -0.39 is 0 Å². The van der Waals surface area contributed by atoms with E-state index in [4.69, 9.17) is 4.74 Å². The highest BCUT2D eigenvalue weighted by molar-refractivity contribution is 5.52. The molecule has 2 nitrogen and oxygen atoms in total. The van der Waals surface area contributed by atoms with Gasteiger partial charge in [0.25, 0.3) is 0 Å². The van der Waals surface area contributed by atoms with E-state index in [0.717, 1.165) is 17.9 Å². The van der Waals surface area contributed by atoms with Crippen LogP contribution >= 0.6 is 0 Å². The summed E-state index contributed by atoms with van der Waals surface area (Å²) in [6, 6.07) is 10.8. The van der Waals surface area contributed by atoms with Gasteiger partial charge in [0.2, 0.25) is 0 Å². The van der Waals surface area contributed by atoms with Crippen LogP contribution in [0.3, 0.4) is 0 Å². The Balaban J connectivity index is 2.39. The van der Waals surface area contributed by atoms with Crippen molar-refractivity contribution >= 4 is 5.69 Å². The van der Waals surface area contributed by atoms with E-state index in [1.54, 1.807) is 7.11 Å². The van der Waals surface area contributed by atoms with Gasteiger partial charge >= 0.3 is 0 Å². The van der Waals surface area contributed by atoms with Gasteiger partial charge in [0.05, 0.1) is 7.11 Å². The van der Waals surface area contributed by atoms with Crippen molar-refractivity contribution in [1.29, 1.82) is 0 Å². The lowest BCUT2D eigenvalue weighted by Gasteiger charge is -2.17. The molecule has 1 N–H and O–H groups in total. The van der Waals surface area contributed by atoms with Crippen molar-refractivity contribution in [1.82, 2.24) is 0 Å². The Morgan fingerprint density at radius 3 is 2.20 bits per heavy atom. The molecule has 0 aromatic heterocycles. The lowest BCUT2D eigenvalue weighted by molar-refractivity contribution is 0.406. The van der Waals surface area contributed by atoms with Gasteiger partial charge in [0.15, 0.2) is 0 Å². The Labute approximate surface area is 121 Å². The average Bonchev–Trinajstić information content (AvgIpc) is 2.46. The third-order valence-corrected chi connectivity index (χ3v) is 3.94. The zero-order valence-corrected chi connectivity index (χ0v) is 13.0. The molecule has 0 heterocycles. The molecule has 0 saturated carbocycles. The maximum absolute atomic E-state index is 5.64. The maximum atomic E-state index is 5.64. The number of hydrogen-bond donors (Lipinski definition) is 1. The zero-order chi connectivity index (χ0) is 14.7. The number of rotatable bonds is 4. The summed E-state index contributed by atoms with van der Waals surface area (Å²) in [5.41, 5.74) is 7.54. The standard InChI is InChI=1S/C18H23NO/c1-12-10-13(2)17(18(20-5)14(12)3)11-15-6-8-16(19-4)9-7-15/h6-10,19H,11H2,1-5H3. The molecule has 0 amide bonds. The Kier molecular flexibility index (Phi) is 4.33. The predicted molar refractivity (Wildman–Crippen MR) is 86.0 cm³/mol. The summed E-state index contributed by atoms with van der Waals surface area (Å²) < 4.78 is 5.64. The van der Waals surface area contributed by atoms with E-state index in [1.807, 2.05) is 7.05 Å². The maximum Gasteiger partial charge on any atom is 0.125 e. The molecule has 20 heavy (non-hydrogen) atoms. The topological polar surface area (TPSA) is 21.3 Å². The highest BCUT2D eigenvalue weighted by Crippen LogP contribution is 2.31. The van der Waals surface area contributed by atoms with Crippen LogP contribution in [0.2, 0.25) is 0 Å². The largest absolute Gasteiger partial charge is 0.496 e. The number of aryl methyl sites for hydroxylation is 2. The fraction of sp³-hybridized carbons (Fsp3) is 0.333. The SMILES string of the molecule is CNc1ccc(Cc2c(C)cc(C)c(C)c2OC)cc1. The van der Waals surface area contributed by atoms with Crippen LogP contribution in [0, 0.1) is 20.8 Å². The van der Waals surface area contributed by atoms with E-state index >= 15 is 0 Å². The lowest BCUT2D eigenvalue weighted by Crippen LogP contribution is -2.01. The first-order valence-corrected chi connectivity index (χ1v) is 6.97. The van der Waals surface area contributed by atoms with E-state index in [0.29, 0.717) is 0 Å². The van der Waals surface area contributed by atoms with Crippen LogP contribution in [-0.2, 0) is 6.42 Å². The second kappa shape index (κ2) is 6.00. The van der Waals surface area contributed by atoms with Gasteiger partial charge in [-0.25, -0.2) is 0 Å². The highest BCUT2D eigenvalue weighted by atomic mass is 16.5. The molecule has 2 aromatic rings. The minimum atomic E-state index is 0.903. The molecular weight excluding hydrogens is 246 g/mol. The zero-order valence-electron chi connectivity index (χ0n) is 13.0. The summed E-state index contributed by atoms with van der Waals surface area (Å²) in [4.78, 5) is 0. The summed E-state index contributed by atoms with van der Waals surface area (Å²) in [5.74, 6) is 1.03. The minimum absolute atomic E-state index is 0.903. The van der Waals surface area contributed by atoms with E-state index in [1.165, 1.54) is 27.8 Å². The molecule has 2 aromatic carbocycles. The summed E-state index contributed by atoms with van der Waals surface area (Å²) in [6.07, 6.45) is 0.903. The molecule has 0 atom stereocenters. The van der Waals surface area contributed by atoms with E-state index in [9.17, 15) is 0 Å². The van der Waals surface area contributed by atoms with Crippen LogP contribution in [0.25, 0.3) is 0 Å². The Hall–Kier alpha value is -1.96. The monoisotopic (exact) mass is 269 g/mol. The second-order valence-electron chi connectivity index (χ2n) is 5.27. The molecule has 2 heteroatoms. The highest BCUT2D eigenvalue weighted by Gasteiger charge is 2.12. The molecule has 0 saturated heterocycles. The van der Waals surface area contributed by atoms with Gasteiger partial charge in [-0.15, -0.1) is 0 Å². The van der Waals surface area contributed by atoms with Gasteiger partial charge in [-0.2, -0.15) is 0 Å². The van der Waals surface area contributed by atoms with Gasteiger partial charge in [0.1, 0.15) is 5.75 Å². The molecule has 0 bridgehead atoms. The molecule has 2 rings (SSSR count). The van der Waals surface area contributed by atoms with Crippen molar-refractivity contribution in [2.45, 2.75) is 27.2 Å². The summed E-state index contributed by atoms with van der Waals surface area (Å²) in [7, 11) is 3.69. The second-order valence-corrected chi connectivity index (χ2v) is 5.27. The van der Waals surface area contributed by atoms with E-state index in [2.05, 4.69) is 56.4 Å². The van der Waals surface area contributed by atoms with Gasteiger partial charge in [0, 0.05) is 24.7 Å².